The number of benzene rings is 2. The van der Waals surface area contributed by atoms with Gasteiger partial charge in [-0.2, -0.15) is 0 Å². The molecule has 3 rings (SSSR count). The first-order valence-electron chi connectivity index (χ1n) is 8.76. The van der Waals surface area contributed by atoms with Crippen LogP contribution in [0.4, 0.5) is 0 Å². The molecule has 7 heteroatoms. The lowest BCUT2D eigenvalue weighted by molar-refractivity contribution is -0.119. The first-order valence-corrected chi connectivity index (χ1v) is 10.1. The molecule has 28 heavy (non-hydrogen) atoms. The van der Waals surface area contributed by atoms with Crippen molar-refractivity contribution in [1.29, 1.82) is 0 Å². The molecular weight excluding hydrogens is 394 g/mol. The van der Waals surface area contributed by atoms with Crippen molar-refractivity contribution >= 4 is 35.1 Å². The number of carbonyl (C=O) groups excluding carboxylic acids is 2. The van der Waals surface area contributed by atoms with Gasteiger partial charge in [-0.3, -0.25) is 14.2 Å². The Balaban J connectivity index is 1.65. The van der Waals surface area contributed by atoms with Crippen LogP contribution in [0.1, 0.15) is 35.8 Å². The van der Waals surface area contributed by atoms with Gasteiger partial charge >= 0.3 is 0 Å². The first kappa shape index (κ1) is 20.2. The van der Waals surface area contributed by atoms with Crippen molar-refractivity contribution in [3.8, 4) is 5.69 Å². The average Bonchev–Trinajstić information content (AvgIpc) is 3.14. The van der Waals surface area contributed by atoms with Crippen LogP contribution in [0.3, 0.4) is 0 Å². The van der Waals surface area contributed by atoms with Gasteiger partial charge in [-0.1, -0.05) is 53.7 Å². The standard InChI is InChI=1S/C21H20ClN3O2S/c1-14(24-15(2)26)16-6-8-17(9-7-16)20(27)13-28-21-23-10-11-25(21)19-5-3-4-18(22)12-19/h3-12,14H,13H2,1-2H3,(H,24,26)/t14-/m1/s1. The number of hydrogen-bond acceptors (Lipinski definition) is 4. The average molecular weight is 414 g/mol. The Kier molecular flexibility index (Phi) is 6.54. The van der Waals surface area contributed by atoms with Gasteiger partial charge < -0.3 is 5.32 Å². The number of carbonyl (C=O) groups is 2. The van der Waals surface area contributed by atoms with Crippen molar-refractivity contribution < 1.29 is 9.59 Å². The van der Waals surface area contributed by atoms with Gasteiger partial charge in [0, 0.05) is 35.6 Å². The van der Waals surface area contributed by atoms with Crippen LogP contribution in [-0.2, 0) is 4.79 Å². The van der Waals surface area contributed by atoms with E-state index in [4.69, 9.17) is 11.6 Å². The summed E-state index contributed by atoms with van der Waals surface area (Å²) in [4.78, 5) is 28.1. The van der Waals surface area contributed by atoms with E-state index in [9.17, 15) is 9.59 Å². The predicted molar refractivity (Wildman–Crippen MR) is 112 cm³/mol. The van der Waals surface area contributed by atoms with Crippen LogP contribution in [0, 0.1) is 0 Å². The minimum atomic E-state index is -0.0961. The van der Waals surface area contributed by atoms with Gasteiger partial charge in [0.25, 0.3) is 0 Å². The van der Waals surface area contributed by atoms with E-state index in [1.807, 2.05) is 54.1 Å². The fourth-order valence-electron chi connectivity index (χ4n) is 2.78. The lowest BCUT2D eigenvalue weighted by atomic mass is 10.0. The highest BCUT2D eigenvalue weighted by molar-refractivity contribution is 7.99. The number of thioether (sulfide) groups is 1. The quantitative estimate of drug-likeness (QED) is 0.450. The van der Waals surface area contributed by atoms with Crippen LogP contribution in [0.15, 0.2) is 66.1 Å². The SMILES string of the molecule is CC(=O)N[C@H](C)c1ccc(C(=O)CSc2nccn2-c2cccc(Cl)c2)cc1. The molecule has 0 saturated heterocycles. The van der Waals surface area contributed by atoms with Gasteiger partial charge in [0.1, 0.15) is 0 Å². The molecule has 2 aromatic carbocycles. The topological polar surface area (TPSA) is 64.0 Å². The van der Waals surface area contributed by atoms with Gasteiger partial charge in [-0.05, 0) is 30.7 Å². The number of aromatic nitrogens is 2. The molecular formula is C21H20ClN3O2S. The Morgan fingerprint density at radius 2 is 1.96 bits per heavy atom. The van der Waals surface area contributed by atoms with E-state index in [2.05, 4.69) is 10.3 Å². The maximum Gasteiger partial charge on any atom is 0.217 e. The summed E-state index contributed by atoms with van der Waals surface area (Å²) in [6.45, 7) is 3.39. The summed E-state index contributed by atoms with van der Waals surface area (Å²) >= 11 is 7.45. The molecule has 0 aliphatic heterocycles. The highest BCUT2D eigenvalue weighted by Crippen LogP contribution is 2.23. The predicted octanol–water partition coefficient (Wildman–Crippen LogP) is 4.70. The van der Waals surface area contributed by atoms with E-state index in [1.54, 1.807) is 18.3 Å². The second-order valence-corrected chi connectivity index (χ2v) is 7.69. The second-order valence-electron chi connectivity index (χ2n) is 6.32. The third-order valence-electron chi connectivity index (χ3n) is 4.18. The molecule has 0 aliphatic carbocycles. The second kappa shape index (κ2) is 9.08. The van der Waals surface area contributed by atoms with E-state index in [-0.39, 0.29) is 23.5 Å². The molecule has 5 nitrogen and oxygen atoms in total. The molecule has 1 aromatic heterocycles. The molecule has 144 valence electrons. The third kappa shape index (κ3) is 5.03. The zero-order valence-electron chi connectivity index (χ0n) is 15.6. The van der Waals surface area contributed by atoms with Gasteiger partial charge in [-0.25, -0.2) is 4.98 Å². The van der Waals surface area contributed by atoms with Crippen LogP contribution < -0.4 is 5.32 Å². The van der Waals surface area contributed by atoms with Gasteiger partial charge in [0.05, 0.1) is 11.8 Å². The number of halogens is 1. The first-order chi connectivity index (χ1) is 13.4. The van der Waals surface area contributed by atoms with Gasteiger partial charge in [-0.15, -0.1) is 0 Å². The molecule has 0 aliphatic rings. The zero-order chi connectivity index (χ0) is 20.1. The van der Waals surface area contributed by atoms with E-state index >= 15 is 0 Å². The van der Waals surface area contributed by atoms with Crippen molar-refractivity contribution in [2.24, 2.45) is 0 Å². The Morgan fingerprint density at radius 1 is 1.21 bits per heavy atom. The van der Waals surface area contributed by atoms with Crippen molar-refractivity contribution in [1.82, 2.24) is 14.9 Å². The van der Waals surface area contributed by atoms with Gasteiger partial charge in [0.2, 0.25) is 5.91 Å². The number of nitrogens with one attached hydrogen (secondary N) is 1. The minimum Gasteiger partial charge on any atom is -0.350 e. The fourth-order valence-corrected chi connectivity index (χ4v) is 3.83. The summed E-state index contributed by atoms with van der Waals surface area (Å²) in [5.74, 6) is 0.210. The molecule has 1 N–H and O–H groups in total. The maximum atomic E-state index is 12.6. The largest absolute Gasteiger partial charge is 0.350 e. The smallest absolute Gasteiger partial charge is 0.217 e. The fraction of sp³-hybridized carbons (Fsp3) is 0.190. The van der Waals surface area contributed by atoms with E-state index in [1.165, 1.54) is 18.7 Å². The van der Waals surface area contributed by atoms with Crippen molar-refractivity contribution in [2.45, 2.75) is 25.0 Å². The van der Waals surface area contributed by atoms with Crippen LogP contribution in [0.25, 0.3) is 5.69 Å². The maximum absolute atomic E-state index is 12.6. The normalized spacial score (nSPS) is 11.8. The number of imidazole rings is 1. The van der Waals surface area contributed by atoms with Gasteiger partial charge in [0.15, 0.2) is 10.9 Å². The molecule has 1 heterocycles. The molecule has 0 radical (unpaired) electrons. The number of ketones is 1. The van der Waals surface area contributed by atoms with Crippen molar-refractivity contribution in [3.05, 3.63) is 77.1 Å². The van der Waals surface area contributed by atoms with Crippen molar-refractivity contribution in [2.75, 3.05) is 5.75 Å². The third-order valence-corrected chi connectivity index (χ3v) is 5.38. The highest BCUT2D eigenvalue weighted by Gasteiger charge is 2.12. The summed E-state index contributed by atoms with van der Waals surface area (Å²) in [6.07, 6.45) is 3.54. The molecule has 0 saturated carbocycles. The molecule has 0 fully saturated rings. The Bertz CT molecular complexity index is 985. The summed E-state index contributed by atoms with van der Waals surface area (Å²) in [6, 6.07) is 14.7. The lowest BCUT2D eigenvalue weighted by Gasteiger charge is -2.13. The Morgan fingerprint density at radius 3 is 2.64 bits per heavy atom. The Labute approximate surface area is 173 Å². The molecule has 1 atom stereocenters. The van der Waals surface area contributed by atoms with Crippen molar-refractivity contribution in [3.63, 3.8) is 0 Å². The number of rotatable bonds is 7. The van der Waals surface area contributed by atoms with E-state index in [0.29, 0.717) is 10.6 Å². The van der Waals surface area contributed by atoms with Crippen LogP contribution >= 0.6 is 23.4 Å². The molecule has 0 spiro atoms. The monoisotopic (exact) mass is 413 g/mol. The molecule has 0 bridgehead atoms. The molecule has 0 unspecified atom stereocenters. The zero-order valence-corrected chi connectivity index (χ0v) is 17.1. The number of nitrogens with zero attached hydrogens (tertiary/aromatic N) is 2. The van der Waals surface area contributed by atoms with E-state index < -0.39 is 0 Å². The lowest BCUT2D eigenvalue weighted by Crippen LogP contribution is -2.23. The molecule has 3 aromatic rings. The summed E-state index contributed by atoms with van der Waals surface area (Å²) in [5, 5.41) is 4.20. The summed E-state index contributed by atoms with van der Waals surface area (Å²) in [7, 11) is 0. The van der Waals surface area contributed by atoms with E-state index in [0.717, 1.165) is 16.4 Å². The number of Topliss-reactive ketones (excluding diaryl/α,β-unsaturated/α-hetero) is 1. The van der Waals surface area contributed by atoms with Crippen LogP contribution in [0.2, 0.25) is 5.02 Å². The van der Waals surface area contributed by atoms with Crippen LogP contribution in [0.5, 0.6) is 0 Å². The number of hydrogen-bond donors (Lipinski definition) is 1. The number of amides is 1. The van der Waals surface area contributed by atoms with Crippen LogP contribution in [-0.4, -0.2) is 27.0 Å². The Hall–Kier alpha value is -2.57. The summed E-state index contributed by atoms with van der Waals surface area (Å²) < 4.78 is 1.90. The summed E-state index contributed by atoms with van der Waals surface area (Å²) in [5.41, 5.74) is 2.49. The molecule has 1 amide bonds. The highest BCUT2D eigenvalue weighted by atomic mass is 35.5. The minimum absolute atomic E-state index is 0.0179.